The van der Waals surface area contributed by atoms with Gasteiger partial charge in [0.05, 0.1) is 12.9 Å². The van der Waals surface area contributed by atoms with E-state index >= 15 is 0 Å². The van der Waals surface area contributed by atoms with Gasteiger partial charge in [-0.3, -0.25) is 4.79 Å². The van der Waals surface area contributed by atoms with Crippen molar-refractivity contribution in [1.29, 1.82) is 0 Å². The second-order valence-corrected chi connectivity index (χ2v) is 4.89. The quantitative estimate of drug-likeness (QED) is 0.792. The Kier molecular flexibility index (Phi) is 5.91. The van der Waals surface area contributed by atoms with Crippen molar-refractivity contribution in [2.45, 2.75) is 31.2 Å². The molecule has 0 aliphatic heterocycles. The summed E-state index contributed by atoms with van der Waals surface area (Å²) in [6.45, 7) is 4.07. The fraction of sp³-hybridized carbons (Fsp3) is 0.462. The van der Waals surface area contributed by atoms with Crippen LogP contribution in [0.5, 0.6) is 5.75 Å². The summed E-state index contributed by atoms with van der Waals surface area (Å²) in [6.07, 6.45) is 0.957. The maximum absolute atomic E-state index is 11.6. The van der Waals surface area contributed by atoms with E-state index in [2.05, 4.69) is 12.2 Å². The number of carbonyl (C=O) groups is 1. The molecule has 94 valence electrons. The Morgan fingerprint density at radius 3 is 2.59 bits per heavy atom. The zero-order valence-corrected chi connectivity index (χ0v) is 11.3. The van der Waals surface area contributed by atoms with E-state index in [-0.39, 0.29) is 11.9 Å². The van der Waals surface area contributed by atoms with Crippen molar-refractivity contribution in [3.05, 3.63) is 24.3 Å². The van der Waals surface area contributed by atoms with Crippen molar-refractivity contribution < 1.29 is 9.53 Å². The van der Waals surface area contributed by atoms with E-state index in [1.165, 1.54) is 11.8 Å². The minimum atomic E-state index is 0.0835. The lowest BCUT2D eigenvalue weighted by atomic mass is 10.3. The molecule has 1 amide bonds. The Hall–Kier alpha value is -1.16. The number of ether oxygens (including phenoxy) is 1. The van der Waals surface area contributed by atoms with Crippen molar-refractivity contribution in [3.8, 4) is 5.75 Å². The first-order valence-electron chi connectivity index (χ1n) is 5.72. The molecule has 0 saturated heterocycles. The van der Waals surface area contributed by atoms with E-state index in [1.807, 2.05) is 31.2 Å². The minimum Gasteiger partial charge on any atom is -0.497 e. The lowest BCUT2D eigenvalue weighted by molar-refractivity contribution is -0.119. The van der Waals surface area contributed by atoms with Crippen LogP contribution in [0.25, 0.3) is 0 Å². The predicted molar refractivity (Wildman–Crippen MR) is 71.6 cm³/mol. The Morgan fingerprint density at radius 2 is 2.06 bits per heavy atom. The molecular weight excluding hydrogens is 234 g/mol. The van der Waals surface area contributed by atoms with Crippen molar-refractivity contribution in [2.75, 3.05) is 12.9 Å². The van der Waals surface area contributed by atoms with Gasteiger partial charge in [-0.25, -0.2) is 0 Å². The number of thioether (sulfide) groups is 1. The summed E-state index contributed by atoms with van der Waals surface area (Å²) in [5, 5.41) is 2.94. The average molecular weight is 253 g/mol. The van der Waals surface area contributed by atoms with Gasteiger partial charge in [0.15, 0.2) is 0 Å². The number of carbonyl (C=O) groups excluding carboxylic acids is 1. The van der Waals surface area contributed by atoms with Crippen LogP contribution in [0.3, 0.4) is 0 Å². The summed E-state index contributed by atoms with van der Waals surface area (Å²) in [6, 6.07) is 7.96. The third-order valence-electron chi connectivity index (χ3n) is 2.45. The van der Waals surface area contributed by atoms with Crippen LogP contribution < -0.4 is 10.1 Å². The molecule has 1 N–H and O–H groups in total. The fourth-order valence-electron chi connectivity index (χ4n) is 1.24. The number of nitrogens with one attached hydrogen (secondary N) is 1. The van der Waals surface area contributed by atoms with Crippen molar-refractivity contribution in [3.63, 3.8) is 0 Å². The van der Waals surface area contributed by atoms with Crippen LogP contribution in [0, 0.1) is 0 Å². The highest BCUT2D eigenvalue weighted by molar-refractivity contribution is 8.00. The monoisotopic (exact) mass is 253 g/mol. The number of amides is 1. The second kappa shape index (κ2) is 7.22. The summed E-state index contributed by atoms with van der Waals surface area (Å²) in [5.41, 5.74) is 0. The number of rotatable bonds is 6. The van der Waals surface area contributed by atoms with Gasteiger partial charge in [0.1, 0.15) is 5.75 Å². The smallest absolute Gasteiger partial charge is 0.230 e. The first-order valence-corrected chi connectivity index (χ1v) is 6.70. The number of hydrogen-bond acceptors (Lipinski definition) is 3. The van der Waals surface area contributed by atoms with Gasteiger partial charge in [-0.1, -0.05) is 6.92 Å². The maximum Gasteiger partial charge on any atom is 0.230 e. The SMILES string of the molecule is CCC(C)NC(=O)CSc1ccc(OC)cc1. The van der Waals surface area contributed by atoms with Gasteiger partial charge in [0.25, 0.3) is 0 Å². The molecule has 0 heterocycles. The molecule has 0 aromatic heterocycles. The Morgan fingerprint density at radius 1 is 1.41 bits per heavy atom. The first kappa shape index (κ1) is 13.9. The van der Waals surface area contributed by atoms with Gasteiger partial charge in [0.2, 0.25) is 5.91 Å². The molecule has 3 nitrogen and oxygen atoms in total. The lowest BCUT2D eigenvalue weighted by Crippen LogP contribution is -2.33. The molecule has 4 heteroatoms. The van der Waals surface area contributed by atoms with E-state index in [1.54, 1.807) is 7.11 Å². The highest BCUT2D eigenvalue weighted by atomic mass is 32.2. The van der Waals surface area contributed by atoms with Crippen LogP contribution >= 0.6 is 11.8 Å². The van der Waals surface area contributed by atoms with E-state index in [0.717, 1.165) is 17.1 Å². The van der Waals surface area contributed by atoms with E-state index < -0.39 is 0 Å². The van der Waals surface area contributed by atoms with E-state index in [9.17, 15) is 4.79 Å². The van der Waals surface area contributed by atoms with Gasteiger partial charge in [-0.05, 0) is 37.6 Å². The molecular formula is C13H19NO2S. The predicted octanol–water partition coefficient (Wildman–Crippen LogP) is 2.70. The van der Waals surface area contributed by atoms with Gasteiger partial charge < -0.3 is 10.1 Å². The van der Waals surface area contributed by atoms with Gasteiger partial charge >= 0.3 is 0 Å². The van der Waals surface area contributed by atoms with Crippen LogP contribution in [0.1, 0.15) is 20.3 Å². The summed E-state index contributed by atoms with van der Waals surface area (Å²) >= 11 is 1.53. The molecule has 0 aliphatic carbocycles. The highest BCUT2D eigenvalue weighted by Crippen LogP contribution is 2.20. The molecule has 1 atom stereocenters. The zero-order chi connectivity index (χ0) is 12.7. The molecule has 17 heavy (non-hydrogen) atoms. The van der Waals surface area contributed by atoms with Crippen LogP contribution in [-0.4, -0.2) is 24.8 Å². The second-order valence-electron chi connectivity index (χ2n) is 3.84. The zero-order valence-electron chi connectivity index (χ0n) is 10.5. The molecule has 0 aliphatic rings. The number of methoxy groups -OCH3 is 1. The van der Waals surface area contributed by atoms with E-state index in [4.69, 9.17) is 4.74 Å². The molecule has 1 aromatic rings. The third kappa shape index (κ3) is 5.13. The fourth-order valence-corrected chi connectivity index (χ4v) is 1.95. The molecule has 0 fully saturated rings. The van der Waals surface area contributed by atoms with E-state index in [0.29, 0.717) is 5.75 Å². The summed E-state index contributed by atoms with van der Waals surface area (Å²) in [4.78, 5) is 12.6. The Balaban J connectivity index is 2.36. The van der Waals surface area contributed by atoms with Crippen LogP contribution in [-0.2, 0) is 4.79 Å². The summed E-state index contributed by atoms with van der Waals surface area (Å²) in [5.74, 6) is 1.37. The molecule has 1 aromatic carbocycles. The first-order chi connectivity index (χ1) is 8.15. The van der Waals surface area contributed by atoms with Crippen molar-refractivity contribution >= 4 is 17.7 Å². The Labute approximate surface area is 107 Å². The van der Waals surface area contributed by atoms with Gasteiger partial charge in [-0.2, -0.15) is 0 Å². The third-order valence-corrected chi connectivity index (χ3v) is 3.46. The van der Waals surface area contributed by atoms with Crippen molar-refractivity contribution in [1.82, 2.24) is 5.32 Å². The normalized spacial score (nSPS) is 11.9. The standard InChI is InChI=1S/C13H19NO2S/c1-4-10(2)14-13(15)9-17-12-7-5-11(16-3)6-8-12/h5-8,10H,4,9H2,1-3H3,(H,14,15). The molecule has 0 bridgehead atoms. The molecule has 0 saturated carbocycles. The van der Waals surface area contributed by atoms with Crippen LogP contribution in [0.4, 0.5) is 0 Å². The van der Waals surface area contributed by atoms with Gasteiger partial charge in [0, 0.05) is 10.9 Å². The number of benzene rings is 1. The molecule has 0 spiro atoms. The van der Waals surface area contributed by atoms with Gasteiger partial charge in [-0.15, -0.1) is 11.8 Å². The minimum absolute atomic E-state index is 0.0835. The van der Waals surface area contributed by atoms with Crippen LogP contribution in [0.15, 0.2) is 29.2 Å². The summed E-state index contributed by atoms with van der Waals surface area (Å²) in [7, 11) is 1.64. The molecule has 1 rings (SSSR count). The van der Waals surface area contributed by atoms with Crippen molar-refractivity contribution in [2.24, 2.45) is 0 Å². The number of hydrogen-bond donors (Lipinski definition) is 1. The highest BCUT2D eigenvalue weighted by Gasteiger charge is 2.05. The molecule has 0 radical (unpaired) electrons. The summed E-state index contributed by atoms with van der Waals surface area (Å²) < 4.78 is 5.07. The topological polar surface area (TPSA) is 38.3 Å². The largest absolute Gasteiger partial charge is 0.497 e. The lowest BCUT2D eigenvalue weighted by Gasteiger charge is -2.10. The Bertz CT molecular complexity index is 351. The molecule has 1 unspecified atom stereocenters. The average Bonchev–Trinajstić information content (AvgIpc) is 2.36. The van der Waals surface area contributed by atoms with Crippen LogP contribution in [0.2, 0.25) is 0 Å². The maximum atomic E-state index is 11.6.